The Balaban J connectivity index is 0.000000249. The zero-order valence-electron chi connectivity index (χ0n) is 11.4. The first-order valence-corrected chi connectivity index (χ1v) is 6.14. The van der Waals surface area contributed by atoms with Crippen molar-refractivity contribution in [1.29, 1.82) is 0 Å². The zero-order valence-corrected chi connectivity index (χ0v) is 11.4. The summed E-state index contributed by atoms with van der Waals surface area (Å²) in [6.07, 6.45) is 5.95. The Morgan fingerprint density at radius 1 is 0.714 bits per heavy atom. The number of hydrogen-bond acceptors (Lipinski definition) is 0. The molecule has 0 aromatic heterocycles. The molecule has 1 aliphatic rings. The molecule has 0 heterocycles. The Morgan fingerprint density at radius 3 is 1.07 bits per heavy atom. The van der Waals surface area contributed by atoms with Gasteiger partial charge in [-0.05, 0) is 16.7 Å². The van der Waals surface area contributed by atoms with Crippen LogP contribution in [0.25, 0.3) is 0 Å². The highest BCUT2D eigenvalue weighted by molar-refractivity contribution is 4.77. The third kappa shape index (κ3) is 5.67. The number of hydrogen-bond donors (Lipinski definition) is 0. The molecule has 0 unspecified atom stereocenters. The third-order valence-corrected chi connectivity index (χ3v) is 3.89. The molecule has 1 aliphatic carbocycles. The van der Waals surface area contributed by atoms with Crippen LogP contribution in [0, 0.1) is 16.7 Å². The second kappa shape index (κ2) is 5.19. The molecular formula is C14H30. The van der Waals surface area contributed by atoms with Crippen molar-refractivity contribution >= 4 is 0 Å². The maximum atomic E-state index is 2.34. The Kier molecular flexibility index (Phi) is 5.19. The van der Waals surface area contributed by atoms with Gasteiger partial charge in [-0.25, -0.2) is 0 Å². The molecule has 0 N–H and O–H groups in total. The molecule has 0 aromatic rings. The van der Waals surface area contributed by atoms with Gasteiger partial charge in [-0.1, -0.05) is 74.1 Å². The largest absolute Gasteiger partial charge is 0.0625 e. The summed E-state index contributed by atoms with van der Waals surface area (Å²) in [6, 6.07) is 0. The fourth-order valence-electron chi connectivity index (χ4n) is 1.13. The van der Waals surface area contributed by atoms with Gasteiger partial charge in [-0.3, -0.25) is 0 Å². The fourth-order valence-corrected chi connectivity index (χ4v) is 1.13. The van der Waals surface area contributed by atoms with E-state index in [4.69, 9.17) is 0 Å². The first kappa shape index (κ1) is 14.0. The highest BCUT2D eigenvalue weighted by atomic mass is 14.3. The molecule has 0 bridgehead atoms. The lowest BCUT2D eigenvalue weighted by Crippen LogP contribution is -2.25. The van der Waals surface area contributed by atoms with Crippen LogP contribution in [0.4, 0.5) is 0 Å². The van der Waals surface area contributed by atoms with Gasteiger partial charge in [0.1, 0.15) is 0 Å². The summed E-state index contributed by atoms with van der Waals surface area (Å²) in [5.74, 6) is 1.05. The highest BCUT2D eigenvalue weighted by Crippen LogP contribution is 2.36. The van der Waals surface area contributed by atoms with E-state index < -0.39 is 0 Å². The van der Waals surface area contributed by atoms with E-state index >= 15 is 0 Å². The Bertz CT molecular complexity index is 124. The van der Waals surface area contributed by atoms with Crippen molar-refractivity contribution in [2.75, 3.05) is 0 Å². The highest BCUT2D eigenvalue weighted by Gasteiger charge is 2.26. The van der Waals surface area contributed by atoms with Gasteiger partial charge in [0.2, 0.25) is 0 Å². The standard InChI is InChI=1S/C8H18.C6H12/c1-7(2,3)8(4,5)6;1-6-4-2-3-5-6/h1-6H3;6H,2-5H2,1H3. The summed E-state index contributed by atoms with van der Waals surface area (Å²) in [5, 5.41) is 0. The third-order valence-electron chi connectivity index (χ3n) is 3.89. The zero-order chi connectivity index (χ0) is 11.4. The van der Waals surface area contributed by atoms with Crippen LogP contribution in [-0.2, 0) is 0 Å². The minimum Gasteiger partial charge on any atom is -0.0625 e. The second-order valence-corrected chi connectivity index (χ2v) is 6.89. The normalized spacial score (nSPS) is 19.1. The van der Waals surface area contributed by atoms with E-state index in [-0.39, 0.29) is 0 Å². The van der Waals surface area contributed by atoms with Gasteiger partial charge in [0.25, 0.3) is 0 Å². The van der Waals surface area contributed by atoms with Crippen molar-refractivity contribution in [2.45, 2.75) is 74.1 Å². The second-order valence-electron chi connectivity index (χ2n) is 6.89. The van der Waals surface area contributed by atoms with Gasteiger partial charge in [0.15, 0.2) is 0 Å². The minimum absolute atomic E-state index is 0.437. The minimum atomic E-state index is 0.437. The van der Waals surface area contributed by atoms with Crippen molar-refractivity contribution in [3.8, 4) is 0 Å². The van der Waals surface area contributed by atoms with Gasteiger partial charge < -0.3 is 0 Å². The average Bonchev–Trinajstić information content (AvgIpc) is 2.35. The number of rotatable bonds is 0. The first-order chi connectivity index (χ1) is 6.14. The van der Waals surface area contributed by atoms with Crippen molar-refractivity contribution < 1.29 is 0 Å². The van der Waals surface area contributed by atoms with Crippen LogP contribution in [0.2, 0.25) is 0 Å². The average molecular weight is 198 g/mol. The van der Waals surface area contributed by atoms with Crippen LogP contribution in [0.5, 0.6) is 0 Å². The summed E-state index contributed by atoms with van der Waals surface area (Å²) in [7, 11) is 0. The van der Waals surface area contributed by atoms with Crippen molar-refractivity contribution in [3.05, 3.63) is 0 Å². The predicted molar refractivity (Wildman–Crippen MR) is 66.5 cm³/mol. The van der Waals surface area contributed by atoms with E-state index in [2.05, 4.69) is 48.5 Å². The predicted octanol–water partition coefficient (Wildman–Crippen LogP) is 5.28. The van der Waals surface area contributed by atoms with Crippen molar-refractivity contribution in [2.24, 2.45) is 16.7 Å². The van der Waals surface area contributed by atoms with Crippen LogP contribution < -0.4 is 0 Å². The van der Waals surface area contributed by atoms with Crippen LogP contribution in [-0.4, -0.2) is 0 Å². The monoisotopic (exact) mass is 198 g/mol. The van der Waals surface area contributed by atoms with Gasteiger partial charge in [-0.2, -0.15) is 0 Å². The lowest BCUT2D eigenvalue weighted by molar-refractivity contribution is 0.157. The summed E-state index contributed by atoms with van der Waals surface area (Å²) in [6.45, 7) is 16.0. The summed E-state index contributed by atoms with van der Waals surface area (Å²) in [5.41, 5.74) is 0.875. The van der Waals surface area contributed by atoms with E-state index in [0.717, 1.165) is 5.92 Å². The first-order valence-electron chi connectivity index (χ1n) is 6.14. The maximum Gasteiger partial charge on any atom is -0.0334 e. The molecule has 1 saturated carbocycles. The van der Waals surface area contributed by atoms with E-state index in [0.29, 0.717) is 10.8 Å². The van der Waals surface area contributed by atoms with Gasteiger partial charge in [0.05, 0.1) is 0 Å². The van der Waals surface area contributed by atoms with Crippen LogP contribution >= 0.6 is 0 Å². The Morgan fingerprint density at radius 2 is 1.00 bits per heavy atom. The molecule has 0 radical (unpaired) electrons. The molecule has 1 rings (SSSR count). The molecule has 0 aromatic carbocycles. The van der Waals surface area contributed by atoms with Gasteiger partial charge in [0, 0.05) is 0 Å². The molecule has 1 fully saturated rings. The Labute approximate surface area is 91.5 Å². The fraction of sp³-hybridized carbons (Fsp3) is 1.00. The van der Waals surface area contributed by atoms with E-state index in [1.165, 1.54) is 25.7 Å². The van der Waals surface area contributed by atoms with E-state index in [1.807, 2.05) is 0 Å². The Hall–Kier alpha value is 0. The quantitative estimate of drug-likeness (QED) is 0.497. The smallest absolute Gasteiger partial charge is 0.0334 e. The van der Waals surface area contributed by atoms with Crippen LogP contribution in [0.1, 0.15) is 74.1 Å². The lowest BCUT2D eigenvalue weighted by atomic mass is 9.71. The summed E-state index contributed by atoms with van der Waals surface area (Å²) in [4.78, 5) is 0. The molecule has 0 atom stereocenters. The molecule has 14 heavy (non-hydrogen) atoms. The molecular weight excluding hydrogens is 168 g/mol. The van der Waals surface area contributed by atoms with Gasteiger partial charge in [-0.15, -0.1) is 0 Å². The van der Waals surface area contributed by atoms with Gasteiger partial charge >= 0.3 is 0 Å². The molecule has 0 heteroatoms. The maximum absolute atomic E-state index is 2.34. The summed E-state index contributed by atoms with van der Waals surface area (Å²) >= 11 is 0. The molecule has 0 amide bonds. The van der Waals surface area contributed by atoms with Crippen LogP contribution in [0.15, 0.2) is 0 Å². The SMILES string of the molecule is CC(C)(C)C(C)(C)C.CC1CCCC1. The molecule has 0 saturated heterocycles. The van der Waals surface area contributed by atoms with Crippen LogP contribution in [0.3, 0.4) is 0 Å². The molecule has 0 aliphatic heterocycles. The van der Waals surface area contributed by atoms with Crippen molar-refractivity contribution in [1.82, 2.24) is 0 Å². The summed E-state index contributed by atoms with van der Waals surface area (Å²) < 4.78 is 0. The molecule has 0 nitrogen and oxygen atoms in total. The molecule has 86 valence electrons. The lowest BCUT2D eigenvalue weighted by Gasteiger charge is -2.34. The topological polar surface area (TPSA) is 0 Å². The van der Waals surface area contributed by atoms with Crippen molar-refractivity contribution in [3.63, 3.8) is 0 Å². The molecule has 0 spiro atoms. The van der Waals surface area contributed by atoms with E-state index in [1.54, 1.807) is 0 Å². The van der Waals surface area contributed by atoms with E-state index in [9.17, 15) is 0 Å².